The summed E-state index contributed by atoms with van der Waals surface area (Å²) in [5, 5.41) is 12.2. The lowest BCUT2D eigenvalue weighted by Crippen LogP contribution is -2.44. The van der Waals surface area contributed by atoms with Crippen molar-refractivity contribution in [2.45, 2.75) is 33.2 Å². The summed E-state index contributed by atoms with van der Waals surface area (Å²) in [5.41, 5.74) is 0.159. The minimum Gasteiger partial charge on any atom is -0.396 e. The molecule has 0 bridgehead atoms. The molecule has 5 heteroatoms. The Balaban J connectivity index is 2.79. The predicted octanol–water partition coefficient (Wildman–Crippen LogP) is 2.26. The van der Waals surface area contributed by atoms with Crippen LogP contribution in [0.25, 0.3) is 0 Å². The van der Waals surface area contributed by atoms with Crippen molar-refractivity contribution >= 4 is 17.5 Å². The Bertz CT molecular complexity index is 416. The third-order valence-corrected chi connectivity index (χ3v) is 2.93. The number of aliphatic hydroxyl groups excluding tert-OH is 1. The molecule has 1 rings (SSSR count). The molecule has 1 atom stereocenters. The van der Waals surface area contributed by atoms with Gasteiger partial charge in [-0.05, 0) is 24.0 Å². The number of hydrogen-bond acceptors (Lipinski definition) is 3. The molecule has 2 N–H and O–H groups in total. The molecule has 0 saturated heterocycles. The van der Waals surface area contributed by atoms with Crippen LogP contribution in [-0.4, -0.2) is 28.6 Å². The molecule has 1 heterocycles. The molecule has 100 valence electrons. The Kier molecular flexibility index (Phi) is 5.11. The molecule has 0 aliphatic heterocycles. The van der Waals surface area contributed by atoms with Crippen LogP contribution < -0.4 is 5.32 Å². The standard InChI is InChI=1S/C13H19ClN2O2/c1-13(2,3)10(7-8-17)16-12(18)9-5-4-6-11(14)15-9/h4-6,10,17H,7-8H2,1-3H3,(H,16,18). The molecular weight excluding hydrogens is 252 g/mol. The summed E-state index contributed by atoms with van der Waals surface area (Å²) in [4.78, 5) is 16.0. The maximum Gasteiger partial charge on any atom is 0.270 e. The van der Waals surface area contributed by atoms with Crippen LogP contribution in [0.4, 0.5) is 0 Å². The molecule has 1 aromatic heterocycles. The Morgan fingerprint density at radius 1 is 1.50 bits per heavy atom. The van der Waals surface area contributed by atoms with Gasteiger partial charge in [-0.15, -0.1) is 0 Å². The number of rotatable bonds is 4. The molecule has 0 aliphatic rings. The summed E-state index contributed by atoms with van der Waals surface area (Å²) in [7, 11) is 0. The summed E-state index contributed by atoms with van der Waals surface area (Å²) in [6, 6.07) is 4.80. The van der Waals surface area contributed by atoms with Crippen LogP contribution >= 0.6 is 11.6 Å². The van der Waals surface area contributed by atoms with Gasteiger partial charge in [-0.3, -0.25) is 4.79 Å². The van der Waals surface area contributed by atoms with Crippen molar-refractivity contribution in [1.82, 2.24) is 10.3 Å². The van der Waals surface area contributed by atoms with Gasteiger partial charge in [-0.1, -0.05) is 38.4 Å². The van der Waals surface area contributed by atoms with Gasteiger partial charge in [0.1, 0.15) is 10.8 Å². The highest BCUT2D eigenvalue weighted by Gasteiger charge is 2.26. The third kappa shape index (κ3) is 4.27. The number of aliphatic hydroxyl groups is 1. The number of carbonyl (C=O) groups is 1. The second-order valence-electron chi connectivity index (χ2n) is 5.25. The summed E-state index contributed by atoms with van der Waals surface area (Å²) < 4.78 is 0. The molecule has 18 heavy (non-hydrogen) atoms. The largest absolute Gasteiger partial charge is 0.396 e. The van der Waals surface area contributed by atoms with Gasteiger partial charge in [-0.25, -0.2) is 4.98 Å². The molecular formula is C13H19ClN2O2. The number of nitrogens with one attached hydrogen (secondary N) is 1. The Morgan fingerprint density at radius 3 is 2.67 bits per heavy atom. The highest BCUT2D eigenvalue weighted by molar-refractivity contribution is 6.29. The van der Waals surface area contributed by atoms with Gasteiger partial charge in [0.05, 0.1) is 0 Å². The molecule has 1 unspecified atom stereocenters. The number of carbonyl (C=O) groups excluding carboxylic acids is 1. The van der Waals surface area contributed by atoms with Crippen LogP contribution in [0, 0.1) is 5.41 Å². The first-order chi connectivity index (χ1) is 8.34. The highest BCUT2D eigenvalue weighted by Crippen LogP contribution is 2.22. The molecule has 0 aromatic carbocycles. The smallest absolute Gasteiger partial charge is 0.270 e. The van der Waals surface area contributed by atoms with E-state index in [9.17, 15) is 4.79 Å². The minimum absolute atomic E-state index is 0.0329. The first-order valence-electron chi connectivity index (χ1n) is 5.89. The maximum absolute atomic E-state index is 12.0. The maximum atomic E-state index is 12.0. The zero-order chi connectivity index (χ0) is 13.8. The lowest BCUT2D eigenvalue weighted by molar-refractivity contribution is 0.0880. The van der Waals surface area contributed by atoms with Gasteiger partial charge in [0.25, 0.3) is 5.91 Å². The number of nitrogens with zero attached hydrogens (tertiary/aromatic N) is 1. The average Bonchev–Trinajstić information content (AvgIpc) is 2.27. The number of hydrogen-bond donors (Lipinski definition) is 2. The van der Waals surface area contributed by atoms with E-state index in [0.717, 1.165) is 0 Å². The monoisotopic (exact) mass is 270 g/mol. The van der Waals surface area contributed by atoms with Crippen molar-refractivity contribution in [3.8, 4) is 0 Å². The second kappa shape index (κ2) is 6.16. The van der Waals surface area contributed by atoms with Crippen LogP contribution in [0.5, 0.6) is 0 Å². The molecule has 0 radical (unpaired) electrons. The summed E-state index contributed by atoms with van der Waals surface area (Å²) >= 11 is 5.75. The lowest BCUT2D eigenvalue weighted by Gasteiger charge is -2.31. The minimum atomic E-state index is -0.272. The Hall–Kier alpha value is -1.13. The molecule has 0 saturated carbocycles. The first kappa shape index (κ1) is 14.9. The molecule has 1 aromatic rings. The van der Waals surface area contributed by atoms with Crippen LogP contribution in [0.15, 0.2) is 18.2 Å². The number of amides is 1. The van der Waals surface area contributed by atoms with E-state index < -0.39 is 0 Å². The van der Waals surface area contributed by atoms with E-state index in [2.05, 4.69) is 10.3 Å². The summed E-state index contributed by atoms with van der Waals surface area (Å²) in [6.45, 7) is 6.07. The number of aromatic nitrogens is 1. The van der Waals surface area contributed by atoms with Crippen molar-refractivity contribution in [2.75, 3.05) is 6.61 Å². The quantitative estimate of drug-likeness (QED) is 0.825. The molecule has 0 spiro atoms. The first-order valence-corrected chi connectivity index (χ1v) is 6.26. The van der Waals surface area contributed by atoms with E-state index in [4.69, 9.17) is 16.7 Å². The van der Waals surface area contributed by atoms with E-state index in [1.54, 1.807) is 18.2 Å². The normalized spacial score (nSPS) is 13.2. The van der Waals surface area contributed by atoms with Crippen LogP contribution in [0.3, 0.4) is 0 Å². The van der Waals surface area contributed by atoms with Gasteiger partial charge in [0.15, 0.2) is 0 Å². The van der Waals surface area contributed by atoms with Crippen molar-refractivity contribution in [3.63, 3.8) is 0 Å². The van der Waals surface area contributed by atoms with Gasteiger partial charge in [0, 0.05) is 12.6 Å². The number of pyridine rings is 1. The van der Waals surface area contributed by atoms with Gasteiger partial charge < -0.3 is 10.4 Å². The van der Waals surface area contributed by atoms with Gasteiger partial charge in [0.2, 0.25) is 0 Å². The Morgan fingerprint density at radius 2 is 2.17 bits per heavy atom. The SMILES string of the molecule is CC(C)(C)C(CCO)NC(=O)c1cccc(Cl)n1. The zero-order valence-corrected chi connectivity index (χ0v) is 11.7. The van der Waals surface area contributed by atoms with Crippen LogP contribution in [0.1, 0.15) is 37.7 Å². The fourth-order valence-electron chi connectivity index (χ4n) is 1.62. The fraction of sp³-hybridized carbons (Fsp3) is 0.538. The van der Waals surface area contributed by atoms with E-state index in [1.165, 1.54) is 0 Å². The lowest BCUT2D eigenvalue weighted by atomic mass is 9.85. The summed E-state index contributed by atoms with van der Waals surface area (Å²) in [6.07, 6.45) is 0.510. The van der Waals surface area contributed by atoms with Crippen molar-refractivity contribution in [3.05, 3.63) is 29.0 Å². The predicted molar refractivity (Wildman–Crippen MR) is 71.7 cm³/mol. The molecule has 4 nitrogen and oxygen atoms in total. The molecule has 0 fully saturated rings. The van der Waals surface area contributed by atoms with Crippen molar-refractivity contribution < 1.29 is 9.90 Å². The zero-order valence-electron chi connectivity index (χ0n) is 10.9. The second-order valence-corrected chi connectivity index (χ2v) is 5.64. The average molecular weight is 271 g/mol. The highest BCUT2D eigenvalue weighted by atomic mass is 35.5. The fourth-order valence-corrected chi connectivity index (χ4v) is 1.78. The summed E-state index contributed by atoms with van der Waals surface area (Å²) in [5.74, 6) is -0.272. The molecule has 1 amide bonds. The van der Waals surface area contributed by atoms with Crippen molar-refractivity contribution in [2.24, 2.45) is 5.41 Å². The van der Waals surface area contributed by atoms with Crippen LogP contribution in [-0.2, 0) is 0 Å². The van der Waals surface area contributed by atoms with Gasteiger partial charge >= 0.3 is 0 Å². The Labute approximate surface area is 112 Å². The van der Waals surface area contributed by atoms with Crippen LogP contribution in [0.2, 0.25) is 5.15 Å². The molecule has 0 aliphatic carbocycles. The number of halogens is 1. The van der Waals surface area contributed by atoms with Crippen molar-refractivity contribution in [1.29, 1.82) is 0 Å². The third-order valence-electron chi connectivity index (χ3n) is 2.72. The van der Waals surface area contributed by atoms with E-state index in [1.807, 2.05) is 20.8 Å². The van der Waals surface area contributed by atoms with Gasteiger partial charge in [-0.2, -0.15) is 0 Å². The van der Waals surface area contributed by atoms with E-state index >= 15 is 0 Å². The topological polar surface area (TPSA) is 62.2 Å². The van der Waals surface area contributed by atoms with E-state index in [0.29, 0.717) is 6.42 Å². The van der Waals surface area contributed by atoms with E-state index in [-0.39, 0.29) is 34.8 Å².